The highest BCUT2D eigenvalue weighted by Crippen LogP contribution is 2.20. The summed E-state index contributed by atoms with van der Waals surface area (Å²) in [6.07, 6.45) is 8.33. The molecule has 0 nitrogen and oxygen atoms in total. The topological polar surface area (TPSA) is 0 Å². The van der Waals surface area contributed by atoms with Gasteiger partial charge in [0.05, 0.1) is 0 Å². The van der Waals surface area contributed by atoms with Crippen LogP contribution in [0.4, 0.5) is 0 Å². The first-order valence-electron chi connectivity index (χ1n) is 5.49. The fourth-order valence-electron chi connectivity index (χ4n) is 1.71. The van der Waals surface area contributed by atoms with Crippen LogP contribution in [0, 0.1) is 11.8 Å². The molecule has 0 N–H and O–H groups in total. The zero-order valence-electron chi connectivity index (χ0n) is 9.32. The Hall–Kier alpha value is 0. The minimum absolute atomic E-state index is 0.995. The maximum absolute atomic E-state index is 2.32. The molecule has 0 heterocycles. The van der Waals surface area contributed by atoms with E-state index in [1.807, 2.05) is 0 Å². The molecule has 0 spiro atoms. The van der Waals surface area contributed by atoms with Gasteiger partial charge in [-0.05, 0) is 18.3 Å². The molecular formula is C12H25. The van der Waals surface area contributed by atoms with Crippen molar-refractivity contribution < 1.29 is 0 Å². The van der Waals surface area contributed by atoms with E-state index in [-0.39, 0.29) is 0 Å². The third-order valence-corrected chi connectivity index (χ3v) is 2.56. The Morgan fingerprint density at radius 3 is 2.17 bits per heavy atom. The quantitative estimate of drug-likeness (QED) is 0.522. The van der Waals surface area contributed by atoms with Crippen molar-refractivity contribution in [2.75, 3.05) is 0 Å². The van der Waals surface area contributed by atoms with E-state index in [2.05, 4.69) is 27.7 Å². The van der Waals surface area contributed by atoms with Crippen LogP contribution in [0.2, 0.25) is 0 Å². The molecule has 0 heteroatoms. The summed E-state index contributed by atoms with van der Waals surface area (Å²) in [5.41, 5.74) is 0. The standard InChI is InChI=1S/C12H25/c1-5-8-12(6-2)10-7-9-11(3)4/h12H,5-10H2,1-4H3. The van der Waals surface area contributed by atoms with Crippen LogP contribution >= 0.6 is 0 Å². The van der Waals surface area contributed by atoms with Gasteiger partial charge in [-0.25, -0.2) is 0 Å². The van der Waals surface area contributed by atoms with E-state index >= 15 is 0 Å². The highest BCUT2D eigenvalue weighted by Gasteiger charge is 2.04. The lowest BCUT2D eigenvalue weighted by Crippen LogP contribution is -1.98. The summed E-state index contributed by atoms with van der Waals surface area (Å²) in [6.45, 7) is 9.09. The summed E-state index contributed by atoms with van der Waals surface area (Å²) in [5.74, 6) is 2.58. The Balaban J connectivity index is 3.31. The van der Waals surface area contributed by atoms with Gasteiger partial charge >= 0.3 is 0 Å². The lowest BCUT2D eigenvalue weighted by atomic mass is 9.93. The molecule has 0 amide bonds. The highest BCUT2D eigenvalue weighted by atomic mass is 14.1. The van der Waals surface area contributed by atoms with Crippen LogP contribution in [-0.2, 0) is 0 Å². The van der Waals surface area contributed by atoms with Crippen molar-refractivity contribution >= 4 is 0 Å². The first kappa shape index (κ1) is 12.0. The molecule has 0 aromatic heterocycles. The van der Waals surface area contributed by atoms with Crippen molar-refractivity contribution in [3.05, 3.63) is 5.92 Å². The van der Waals surface area contributed by atoms with Crippen molar-refractivity contribution in [1.29, 1.82) is 0 Å². The molecule has 0 fully saturated rings. The molecule has 1 unspecified atom stereocenters. The Morgan fingerprint density at radius 1 is 1.08 bits per heavy atom. The average molecular weight is 169 g/mol. The van der Waals surface area contributed by atoms with Crippen LogP contribution in [0.25, 0.3) is 0 Å². The van der Waals surface area contributed by atoms with Gasteiger partial charge in [0.1, 0.15) is 0 Å². The molecule has 0 aromatic carbocycles. The van der Waals surface area contributed by atoms with E-state index in [1.54, 1.807) is 5.92 Å². The van der Waals surface area contributed by atoms with Gasteiger partial charge in [-0.1, -0.05) is 59.8 Å². The first-order chi connectivity index (χ1) is 5.70. The Labute approximate surface area is 78.8 Å². The van der Waals surface area contributed by atoms with Crippen LogP contribution in [0.1, 0.15) is 66.2 Å². The number of hydrogen-bond acceptors (Lipinski definition) is 0. The van der Waals surface area contributed by atoms with Gasteiger partial charge in [0.2, 0.25) is 0 Å². The minimum Gasteiger partial charge on any atom is -0.0654 e. The maximum Gasteiger partial charge on any atom is -0.0303 e. The summed E-state index contributed by atoms with van der Waals surface area (Å²) in [4.78, 5) is 0. The molecule has 0 saturated heterocycles. The lowest BCUT2D eigenvalue weighted by molar-refractivity contribution is 0.415. The van der Waals surface area contributed by atoms with Crippen LogP contribution < -0.4 is 0 Å². The first-order valence-corrected chi connectivity index (χ1v) is 5.49. The average Bonchev–Trinajstić information content (AvgIpc) is 2.02. The minimum atomic E-state index is 0.995. The van der Waals surface area contributed by atoms with Crippen LogP contribution in [0.5, 0.6) is 0 Å². The van der Waals surface area contributed by atoms with Gasteiger partial charge in [-0.3, -0.25) is 0 Å². The number of rotatable bonds is 7. The van der Waals surface area contributed by atoms with Crippen molar-refractivity contribution in [3.63, 3.8) is 0 Å². The molecule has 1 radical (unpaired) electrons. The summed E-state index contributed by atoms with van der Waals surface area (Å²) < 4.78 is 0. The zero-order chi connectivity index (χ0) is 9.40. The van der Waals surface area contributed by atoms with Crippen molar-refractivity contribution in [3.8, 4) is 0 Å². The summed E-state index contributed by atoms with van der Waals surface area (Å²) in [6, 6.07) is 0. The second-order valence-electron chi connectivity index (χ2n) is 4.16. The molecule has 0 saturated carbocycles. The van der Waals surface area contributed by atoms with Gasteiger partial charge in [0.15, 0.2) is 0 Å². The predicted molar refractivity (Wildman–Crippen MR) is 57.1 cm³/mol. The van der Waals surface area contributed by atoms with E-state index in [0.717, 1.165) is 5.92 Å². The monoisotopic (exact) mass is 169 g/mol. The van der Waals surface area contributed by atoms with E-state index in [4.69, 9.17) is 0 Å². The fourth-order valence-corrected chi connectivity index (χ4v) is 1.71. The highest BCUT2D eigenvalue weighted by molar-refractivity contribution is 4.76. The Morgan fingerprint density at radius 2 is 1.75 bits per heavy atom. The second-order valence-corrected chi connectivity index (χ2v) is 4.16. The van der Waals surface area contributed by atoms with Gasteiger partial charge in [0.25, 0.3) is 0 Å². The van der Waals surface area contributed by atoms with Crippen LogP contribution in [0.15, 0.2) is 0 Å². The normalized spacial score (nSPS) is 13.8. The molecule has 0 bridgehead atoms. The third kappa shape index (κ3) is 6.69. The SMILES string of the molecule is CCCC(CC)CCC[C](C)C. The van der Waals surface area contributed by atoms with Gasteiger partial charge < -0.3 is 0 Å². The molecule has 0 aliphatic heterocycles. The summed E-state index contributed by atoms with van der Waals surface area (Å²) in [5, 5.41) is 0. The van der Waals surface area contributed by atoms with E-state index in [1.165, 1.54) is 38.5 Å². The molecular weight excluding hydrogens is 144 g/mol. The molecule has 73 valence electrons. The van der Waals surface area contributed by atoms with Crippen molar-refractivity contribution in [2.24, 2.45) is 5.92 Å². The van der Waals surface area contributed by atoms with E-state index in [0.29, 0.717) is 0 Å². The van der Waals surface area contributed by atoms with Crippen molar-refractivity contribution in [2.45, 2.75) is 66.2 Å². The second kappa shape index (κ2) is 7.64. The molecule has 1 atom stereocenters. The Bertz CT molecular complexity index is 84.0. The number of hydrogen-bond donors (Lipinski definition) is 0. The molecule has 12 heavy (non-hydrogen) atoms. The largest absolute Gasteiger partial charge is 0.0654 e. The third-order valence-electron chi connectivity index (χ3n) is 2.56. The lowest BCUT2D eigenvalue weighted by Gasteiger charge is -2.13. The summed E-state index contributed by atoms with van der Waals surface area (Å²) >= 11 is 0. The molecule has 0 aromatic rings. The molecule has 0 aliphatic carbocycles. The predicted octanol–water partition coefficient (Wildman–Crippen LogP) is 4.60. The maximum atomic E-state index is 2.32. The van der Waals surface area contributed by atoms with Gasteiger partial charge in [-0.2, -0.15) is 0 Å². The van der Waals surface area contributed by atoms with Crippen LogP contribution in [0.3, 0.4) is 0 Å². The molecule has 0 rings (SSSR count). The van der Waals surface area contributed by atoms with Gasteiger partial charge in [-0.15, -0.1) is 0 Å². The fraction of sp³-hybridized carbons (Fsp3) is 0.917. The van der Waals surface area contributed by atoms with E-state index in [9.17, 15) is 0 Å². The van der Waals surface area contributed by atoms with Crippen LogP contribution in [-0.4, -0.2) is 0 Å². The van der Waals surface area contributed by atoms with Gasteiger partial charge in [0, 0.05) is 0 Å². The van der Waals surface area contributed by atoms with E-state index < -0.39 is 0 Å². The zero-order valence-corrected chi connectivity index (χ0v) is 9.32. The summed E-state index contributed by atoms with van der Waals surface area (Å²) in [7, 11) is 0. The Kier molecular flexibility index (Phi) is 7.64. The van der Waals surface area contributed by atoms with Crippen molar-refractivity contribution in [1.82, 2.24) is 0 Å². The smallest absolute Gasteiger partial charge is 0.0303 e. The molecule has 0 aliphatic rings.